The van der Waals surface area contributed by atoms with E-state index in [-0.39, 0.29) is 17.9 Å². The van der Waals surface area contributed by atoms with Crippen molar-refractivity contribution in [2.45, 2.75) is 24.9 Å². The first-order valence-electron chi connectivity index (χ1n) is 2.73. The van der Waals surface area contributed by atoms with Crippen molar-refractivity contribution in [2.75, 3.05) is 0 Å². The molecule has 1 rings (SSSR count). The molecule has 46 valence electrons. The van der Waals surface area contributed by atoms with Gasteiger partial charge in [-0.25, -0.2) is 0 Å². The number of nitrogens with two attached hydrogens (primary N) is 2. The standard InChI is InChI=1S/C5H10N2O/c6-4-1-3(8)2-5(4)7/h4-5H,1-2,6-7H2. The summed E-state index contributed by atoms with van der Waals surface area (Å²) in [6.45, 7) is 0. The molecule has 8 heavy (non-hydrogen) atoms. The van der Waals surface area contributed by atoms with Crippen LogP contribution in [0, 0.1) is 0 Å². The van der Waals surface area contributed by atoms with E-state index in [1.807, 2.05) is 0 Å². The minimum Gasteiger partial charge on any atom is -0.326 e. The second-order valence-electron chi connectivity index (χ2n) is 2.27. The molecular formula is C5H10N2O. The van der Waals surface area contributed by atoms with Gasteiger partial charge in [-0.15, -0.1) is 0 Å². The van der Waals surface area contributed by atoms with Crippen molar-refractivity contribution in [1.82, 2.24) is 0 Å². The maximum atomic E-state index is 10.5. The van der Waals surface area contributed by atoms with E-state index in [4.69, 9.17) is 11.5 Å². The molecule has 0 aliphatic heterocycles. The van der Waals surface area contributed by atoms with Crippen LogP contribution in [-0.2, 0) is 4.79 Å². The summed E-state index contributed by atoms with van der Waals surface area (Å²) in [6, 6.07) is -0.162. The third-order valence-corrected chi connectivity index (χ3v) is 1.48. The molecule has 2 unspecified atom stereocenters. The molecule has 0 heterocycles. The fourth-order valence-electron chi connectivity index (χ4n) is 0.912. The highest BCUT2D eigenvalue weighted by atomic mass is 16.1. The van der Waals surface area contributed by atoms with E-state index in [0.717, 1.165) is 0 Å². The van der Waals surface area contributed by atoms with Crippen molar-refractivity contribution in [3.05, 3.63) is 0 Å². The fraction of sp³-hybridized carbons (Fsp3) is 0.800. The Labute approximate surface area is 48.0 Å². The lowest BCUT2D eigenvalue weighted by Gasteiger charge is -2.04. The highest BCUT2D eigenvalue weighted by Gasteiger charge is 2.26. The van der Waals surface area contributed by atoms with Crippen molar-refractivity contribution in [3.63, 3.8) is 0 Å². The molecule has 1 aliphatic rings. The van der Waals surface area contributed by atoms with Crippen molar-refractivity contribution >= 4 is 5.78 Å². The summed E-state index contributed by atoms with van der Waals surface area (Å²) < 4.78 is 0. The lowest BCUT2D eigenvalue weighted by molar-refractivity contribution is -0.117. The van der Waals surface area contributed by atoms with E-state index in [2.05, 4.69) is 0 Å². The fourth-order valence-corrected chi connectivity index (χ4v) is 0.912. The smallest absolute Gasteiger partial charge is 0.136 e. The van der Waals surface area contributed by atoms with Crippen LogP contribution in [0.5, 0.6) is 0 Å². The predicted molar refractivity (Wildman–Crippen MR) is 30.2 cm³/mol. The molecule has 4 N–H and O–H groups in total. The van der Waals surface area contributed by atoms with Crippen LogP contribution in [0.4, 0.5) is 0 Å². The Kier molecular flexibility index (Phi) is 1.31. The molecule has 0 saturated heterocycles. The second-order valence-corrected chi connectivity index (χ2v) is 2.27. The van der Waals surface area contributed by atoms with Gasteiger partial charge in [-0.2, -0.15) is 0 Å². The molecule has 3 heteroatoms. The van der Waals surface area contributed by atoms with Crippen LogP contribution in [0.25, 0.3) is 0 Å². The Balaban J connectivity index is 2.51. The minimum absolute atomic E-state index is 0.0810. The zero-order valence-corrected chi connectivity index (χ0v) is 4.63. The van der Waals surface area contributed by atoms with Crippen LogP contribution in [-0.4, -0.2) is 17.9 Å². The monoisotopic (exact) mass is 114 g/mol. The Bertz CT molecular complexity index is 101. The van der Waals surface area contributed by atoms with Crippen LogP contribution in [0.15, 0.2) is 0 Å². The molecule has 0 bridgehead atoms. The van der Waals surface area contributed by atoms with E-state index >= 15 is 0 Å². The number of Topliss-reactive ketones (excluding diaryl/α,β-unsaturated/α-hetero) is 1. The topological polar surface area (TPSA) is 69.1 Å². The average molecular weight is 114 g/mol. The number of carbonyl (C=O) groups is 1. The first-order valence-corrected chi connectivity index (χ1v) is 2.73. The highest BCUT2D eigenvalue weighted by Crippen LogP contribution is 2.10. The van der Waals surface area contributed by atoms with Gasteiger partial charge in [0.1, 0.15) is 5.78 Å². The average Bonchev–Trinajstić information content (AvgIpc) is 1.85. The van der Waals surface area contributed by atoms with E-state index < -0.39 is 0 Å². The van der Waals surface area contributed by atoms with Gasteiger partial charge in [0.2, 0.25) is 0 Å². The lowest BCUT2D eigenvalue weighted by atomic mass is 10.2. The summed E-state index contributed by atoms with van der Waals surface area (Å²) >= 11 is 0. The van der Waals surface area contributed by atoms with Crippen molar-refractivity contribution < 1.29 is 4.79 Å². The summed E-state index contributed by atoms with van der Waals surface area (Å²) in [7, 11) is 0. The molecule has 0 aromatic rings. The molecule has 0 radical (unpaired) electrons. The Morgan fingerprint density at radius 2 is 1.62 bits per heavy atom. The molecule has 2 atom stereocenters. The van der Waals surface area contributed by atoms with Crippen molar-refractivity contribution in [1.29, 1.82) is 0 Å². The normalized spacial score (nSPS) is 38.5. The van der Waals surface area contributed by atoms with E-state index in [9.17, 15) is 4.79 Å². The number of hydrogen-bond acceptors (Lipinski definition) is 3. The van der Waals surface area contributed by atoms with Gasteiger partial charge < -0.3 is 11.5 Å². The van der Waals surface area contributed by atoms with Gasteiger partial charge in [0.05, 0.1) is 0 Å². The van der Waals surface area contributed by atoms with Gasteiger partial charge in [-0.3, -0.25) is 4.79 Å². The first-order chi connectivity index (χ1) is 3.70. The van der Waals surface area contributed by atoms with E-state index in [1.165, 1.54) is 0 Å². The Morgan fingerprint density at radius 3 is 1.75 bits per heavy atom. The van der Waals surface area contributed by atoms with Gasteiger partial charge in [0, 0.05) is 24.9 Å². The zero-order valence-electron chi connectivity index (χ0n) is 4.63. The lowest BCUT2D eigenvalue weighted by Crippen LogP contribution is -2.35. The molecule has 0 spiro atoms. The Morgan fingerprint density at radius 1 is 1.25 bits per heavy atom. The second kappa shape index (κ2) is 1.84. The summed E-state index contributed by atoms with van der Waals surface area (Å²) in [5.74, 6) is 0.199. The third kappa shape index (κ3) is 0.877. The Hall–Kier alpha value is -0.410. The zero-order chi connectivity index (χ0) is 6.15. The third-order valence-electron chi connectivity index (χ3n) is 1.48. The van der Waals surface area contributed by atoms with Crippen LogP contribution in [0.1, 0.15) is 12.8 Å². The highest BCUT2D eigenvalue weighted by molar-refractivity contribution is 5.82. The number of carbonyl (C=O) groups excluding carboxylic acids is 1. The van der Waals surface area contributed by atoms with Crippen molar-refractivity contribution in [3.8, 4) is 0 Å². The molecular weight excluding hydrogens is 104 g/mol. The van der Waals surface area contributed by atoms with E-state index in [0.29, 0.717) is 12.8 Å². The van der Waals surface area contributed by atoms with Crippen LogP contribution >= 0.6 is 0 Å². The maximum absolute atomic E-state index is 10.5. The van der Waals surface area contributed by atoms with Gasteiger partial charge in [-0.05, 0) is 0 Å². The number of ketones is 1. The SMILES string of the molecule is NC1CC(=O)CC1N. The van der Waals surface area contributed by atoms with E-state index in [1.54, 1.807) is 0 Å². The number of rotatable bonds is 0. The van der Waals surface area contributed by atoms with Crippen molar-refractivity contribution in [2.24, 2.45) is 11.5 Å². The van der Waals surface area contributed by atoms with Crippen LogP contribution < -0.4 is 11.5 Å². The van der Waals surface area contributed by atoms with Gasteiger partial charge in [0.25, 0.3) is 0 Å². The summed E-state index contributed by atoms with van der Waals surface area (Å²) in [5.41, 5.74) is 10.8. The molecule has 3 nitrogen and oxygen atoms in total. The molecule has 1 aliphatic carbocycles. The molecule has 0 aromatic carbocycles. The van der Waals surface area contributed by atoms with Crippen LogP contribution in [0.3, 0.4) is 0 Å². The van der Waals surface area contributed by atoms with Crippen LogP contribution in [0.2, 0.25) is 0 Å². The maximum Gasteiger partial charge on any atom is 0.136 e. The minimum atomic E-state index is -0.0810. The quantitative estimate of drug-likeness (QED) is 0.424. The summed E-state index contributed by atoms with van der Waals surface area (Å²) in [4.78, 5) is 10.5. The van der Waals surface area contributed by atoms with Gasteiger partial charge in [0.15, 0.2) is 0 Å². The molecule has 1 saturated carbocycles. The predicted octanol–water partition coefficient (Wildman–Crippen LogP) is -0.996. The van der Waals surface area contributed by atoms with Gasteiger partial charge in [-0.1, -0.05) is 0 Å². The largest absolute Gasteiger partial charge is 0.326 e. The molecule has 0 amide bonds. The summed E-state index contributed by atoms with van der Waals surface area (Å²) in [6.07, 6.45) is 0.947. The first kappa shape index (κ1) is 5.72. The molecule has 1 fully saturated rings. The number of hydrogen-bond donors (Lipinski definition) is 2. The molecule has 0 aromatic heterocycles. The van der Waals surface area contributed by atoms with Gasteiger partial charge >= 0.3 is 0 Å². The summed E-state index contributed by atoms with van der Waals surface area (Å²) in [5, 5.41) is 0.